The van der Waals surface area contributed by atoms with Gasteiger partial charge in [0.05, 0.1) is 6.04 Å². The maximum atomic E-state index is 12.8. The second-order valence-corrected chi connectivity index (χ2v) is 11.0. The molecule has 1 saturated carbocycles. The van der Waals surface area contributed by atoms with E-state index in [0.29, 0.717) is 16.7 Å². The number of carbonyl (C=O) groups excluding carboxylic acids is 1. The monoisotopic (exact) mass is 471 g/mol. The zero-order valence-corrected chi connectivity index (χ0v) is 19.9. The molecule has 2 heterocycles. The second-order valence-electron chi connectivity index (χ2n) is 8.86. The molecule has 1 amide bonds. The highest BCUT2D eigenvalue weighted by Gasteiger charge is 2.33. The molecular weight excluding hydrogens is 445 g/mol. The van der Waals surface area contributed by atoms with Crippen LogP contribution in [0.3, 0.4) is 0 Å². The molecule has 2 N–H and O–H groups in total. The first-order valence-electron chi connectivity index (χ1n) is 10.2. The lowest BCUT2D eigenvalue weighted by atomic mass is 9.69. The zero-order chi connectivity index (χ0) is 22.1. The third kappa shape index (κ3) is 5.21. The number of aromatic amines is 1. The molecule has 7 nitrogen and oxygen atoms in total. The summed E-state index contributed by atoms with van der Waals surface area (Å²) in [5.41, 5.74) is 0.303. The molecule has 0 saturated heterocycles. The molecule has 1 fully saturated rings. The molecule has 2 aromatic rings. The highest BCUT2D eigenvalue weighted by molar-refractivity contribution is 7.19. The third-order valence-electron chi connectivity index (χ3n) is 5.88. The number of hydrogen-bond donors (Lipinski definition) is 2. The molecule has 0 aliphatic heterocycles. The second kappa shape index (κ2) is 9.32. The number of nitrogens with one attached hydrogen (secondary N) is 2. The molecule has 0 spiro atoms. The normalized spacial score (nSPS) is 20.7. The van der Waals surface area contributed by atoms with Gasteiger partial charge < -0.3 is 10.3 Å². The van der Waals surface area contributed by atoms with Gasteiger partial charge in [-0.15, -0.1) is 10.2 Å². The van der Waals surface area contributed by atoms with E-state index < -0.39 is 11.6 Å². The topological polar surface area (TPSA) is 101 Å². The maximum Gasteiger partial charge on any atom is 0.275 e. The van der Waals surface area contributed by atoms with Crippen LogP contribution in [0.5, 0.6) is 0 Å². The van der Waals surface area contributed by atoms with Gasteiger partial charge >= 0.3 is 0 Å². The van der Waals surface area contributed by atoms with E-state index in [-0.39, 0.29) is 38.9 Å². The highest BCUT2D eigenvalue weighted by Crippen LogP contribution is 2.40. The Kier molecular flexibility index (Phi) is 7.20. The molecule has 164 valence electrons. The van der Waals surface area contributed by atoms with Crippen LogP contribution in [0.4, 0.5) is 0 Å². The van der Waals surface area contributed by atoms with E-state index in [9.17, 15) is 9.59 Å². The first kappa shape index (κ1) is 23.2. The lowest BCUT2D eigenvalue weighted by molar-refractivity contribution is -0.127. The van der Waals surface area contributed by atoms with E-state index in [2.05, 4.69) is 46.3 Å². The van der Waals surface area contributed by atoms with Crippen LogP contribution < -0.4 is 10.9 Å². The van der Waals surface area contributed by atoms with Gasteiger partial charge in [0, 0.05) is 5.92 Å². The largest absolute Gasteiger partial charge is 0.347 e. The van der Waals surface area contributed by atoms with Crippen molar-refractivity contribution in [1.29, 1.82) is 0 Å². The van der Waals surface area contributed by atoms with Gasteiger partial charge in [-0.05, 0) is 43.4 Å². The standard InChI is InChI=1S/C20H27Cl2N5O2S/c1-5-12(23-17(28)10-6-8-11(9-7-10)20(2,3)4)13-18(29)25-16(27-26-13)14-15(21)30-19(22)24-14/h10-12H,5-9H2,1-4H3,(H,23,28)(H,25,27,29). The van der Waals surface area contributed by atoms with Gasteiger partial charge in [0.2, 0.25) is 5.91 Å². The molecule has 1 unspecified atom stereocenters. The van der Waals surface area contributed by atoms with Gasteiger partial charge in [-0.2, -0.15) is 0 Å². The molecule has 1 aliphatic carbocycles. The predicted molar refractivity (Wildman–Crippen MR) is 120 cm³/mol. The lowest BCUT2D eigenvalue weighted by Crippen LogP contribution is -2.39. The highest BCUT2D eigenvalue weighted by atomic mass is 35.5. The van der Waals surface area contributed by atoms with Crippen LogP contribution in [0.15, 0.2) is 4.79 Å². The number of rotatable bonds is 5. The zero-order valence-electron chi connectivity index (χ0n) is 17.6. The smallest absolute Gasteiger partial charge is 0.275 e. The van der Waals surface area contributed by atoms with E-state index >= 15 is 0 Å². The molecule has 0 radical (unpaired) electrons. The van der Waals surface area contributed by atoms with Crippen molar-refractivity contribution in [3.05, 3.63) is 24.9 Å². The quantitative estimate of drug-likeness (QED) is 0.637. The Morgan fingerprint density at radius 3 is 2.40 bits per heavy atom. The molecule has 10 heteroatoms. The number of carbonyl (C=O) groups is 1. The minimum atomic E-state index is -0.502. The molecule has 1 aliphatic rings. The summed E-state index contributed by atoms with van der Waals surface area (Å²) in [6.45, 7) is 8.67. The van der Waals surface area contributed by atoms with E-state index in [1.165, 1.54) is 0 Å². The van der Waals surface area contributed by atoms with Crippen LogP contribution in [-0.4, -0.2) is 26.1 Å². The molecule has 30 heavy (non-hydrogen) atoms. The SMILES string of the molecule is CCC(NC(=O)C1CCC(C(C)(C)C)CC1)c1nnc(-c2nc(Cl)sc2Cl)[nH]c1=O. The summed E-state index contributed by atoms with van der Waals surface area (Å²) in [5, 5.41) is 11.1. The van der Waals surface area contributed by atoms with Crippen molar-refractivity contribution < 1.29 is 4.79 Å². The summed E-state index contributed by atoms with van der Waals surface area (Å²) < 4.78 is 0.575. The average Bonchev–Trinajstić information content (AvgIpc) is 3.03. The summed E-state index contributed by atoms with van der Waals surface area (Å²) in [6, 6.07) is -0.502. The fourth-order valence-electron chi connectivity index (χ4n) is 3.98. The number of nitrogens with zero attached hydrogens (tertiary/aromatic N) is 3. The summed E-state index contributed by atoms with van der Waals surface area (Å²) >= 11 is 13.0. The molecular formula is C20H27Cl2N5O2S. The number of amides is 1. The number of thiazole rings is 1. The Labute approximate surface area is 190 Å². The Morgan fingerprint density at radius 1 is 1.23 bits per heavy atom. The van der Waals surface area contributed by atoms with Crippen molar-refractivity contribution in [2.75, 3.05) is 0 Å². The van der Waals surface area contributed by atoms with Gasteiger partial charge in [0.25, 0.3) is 5.56 Å². The fraction of sp³-hybridized carbons (Fsp3) is 0.650. The van der Waals surface area contributed by atoms with E-state index in [1.54, 1.807) is 0 Å². The van der Waals surface area contributed by atoms with Gasteiger partial charge in [-0.3, -0.25) is 9.59 Å². The van der Waals surface area contributed by atoms with Crippen molar-refractivity contribution in [3.63, 3.8) is 0 Å². The Morgan fingerprint density at radius 2 is 1.90 bits per heavy atom. The van der Waals surface area contributed by atoms with Crippen LogP contribution >= 0.6 is 34.5 Å². The number of hydrogen-bond acceptors (Lipinski definition) is 6. The summed E-state index contributed by atoms with van der Waals surface area (Å²) in [4.78, 5) is 32.2. The first-order chi connectivity index (χ1) is 14.1. The van der Waals surface area contributed by atoms with E-state index in [0.717, 1.165) is 37.0 Å². The first-order valence-corrected chi connectivity index (χ1v) is 11.8. The molecule has 1 atom stereocenters. The maximum absolute atomic E-state index is 12.8. The molecule has 3 rings (SSSR count). The fourth-order valence-corrected chi connectivity index (χ4v) is 5.29. The van der Waals surface area contributed by atoms with Crippen molar-refractivity contribution in [3.8, 4) is 11.5 Å². The number of aromatic nitrogens is 4. The van der Waals surface area contributed by atoms with Crippen molar-refractivity contribution in [2.45, 2.75) is 65.8 Å². The van der Waals surface area contributed by atoms with Gasteiger partial charge in [-0.25, -0.2) is 4.98 Å². The van der Waals surface area contributed by atoms with Gasteiger partial charge in [-0.1, -0.05) is 62.2 Å². The van der Waals surface area contributed by atoms with E-state index in [4.69, 9.17) is 23.2 Å². The average molecular weight is 472 g/mol. The third-order valence-corrected chi connectivity index (χ3v) is 7.24. The summed E-state index contributed by atoms with van der Waals surface area (Å²) in [5.74, 6) is 0.739. The number of H-pyrrole nitrogens is 1. The molecule has 2 aromatic heterocycles. The van der Waals surface area contributed by atoms with Gasteiger partial charge in [0.1, 0.15) is 10.0 Å². The minimum Gasteiger partial charge on any atom is -0.347 e. The van der Waals surface area contributed by atoms with Gasteiger partial charge in [0.15, 0.2) is 16.0 Å². The summed E-state index contributed by atoms with van der Waals surface area (Å²) in [7, 11) is 0. The minimum absolute atomic E-state index is 0.0196. The van der Waals surface area contributed by atoms with Crippen LogP contribution in [-0.2, 0) is 4.79 Å². The molecule has 0 bridgehead atoms. The Balaban J connectivity index is 1.70. The Bertz CT molecular complexity index is 961. The van der Waals surface area contributed by atoms with Crippen molar-refractivity contribution >= 4 is 40.4 Å². The number of halogens is 2. The van der Waals surface area contributed by atoms with E-state index in [1.807, 2.05) is 6.92 Å². The van der Waals surface area contributed by atoms with Crippen LogP contribution in [0.25, 0.3) is 11.5 Å². The van der Waals surface area contributed by atoms with Crippen molar-refractivity contribution in [1.82, 2.24) is 25.5 Å². The van der Waals surface area contributed by atoms with Crippen LogP contribution in [0, 0.1) is 17.3 Å². The lowest BCUT2D eigenvalue weighted by Gasteiger charge is -2.36. The molecule has 0 aromatic carbocycles. The predicted octanol–water partition coefficient (Wildman–Crippen LogP) is 5.02. The van der Waals surface area contributed by atoms with Crippen LogP contribution in [0.2, 0.25) is 8.80 Å². The summed E-state index contributed by atoms with van der Waals surface area (Å²) in [6.07, 6.45) is 4.36. The van der Waals surface area contributed by atoms with Crippen molar-refractivity contribution in [2.24, 2.45) is 17.3 Å². The Hall–Kier alpha value is -1.51. The van der Waals surface area contributed by atoms with Crippen LogP contribution in [0.1, 0.15) is 71.5 Å².